The van der Waals surface area contributed by atoms with E-state index in [0.717, 1.165) is 18.2 Å². The first-order chi connectivity index (χ1) is 11.3. The fourth-order valence-electron chi connectivity index (χ4n) is 3.83. The Morgan fingerprint density at radius 1 is 1.30 bits per heavy atom. The van der Waals surface area contributed by atoms with Gasteiger partial charge >= 0.3 is 0 Å². The number of amides is 1. The van der Waals surface area contributed by atoms with Gasteiger partial charge in [-0.3, -0.25) is 9.78 Å². The number of aliphatic hydroxyl groups excluding tert-OH is 1. The van der Waals surface area contributed by atoms with Crippen LogP contribution in [0.15, 0.2) is 18.3 Å². The Morgan fingerprint density at radius 2 is 2.13 bits per heavy atom. The molecule has 0 radical (unpaired) electrons. The van der Waals surface area contributed by atoms with Crippen molar-refractivity contribution in [1.82, 2.24) is 15.2 Å². The van der Waals surface area contributed by atoms with Crippen molar-refractivity contribution in [1.29, 1.82) is 0 Å². The summed E-state index contributed by atoms with van der Waals surface area (Å²) in [6, 6.07) is 4.14. The molecule has 0 spiro atoms. The molecule has 5 heteroatoms. The third-order valence-corrected chi connectivity index (χ3v) is 5.20. The number of aliphatic hydroxyl groups is 1. The predicted octanol–water partition coefficient (Wildman–Crippen LogP) is 1.96. The van der Waals surface area contributed by atoms with Crippen LogP contribution in [0.4, 0.5) is 0 Å². The molecule has 1 aromatic heterocycles. The van der Waals surface area contributed by atoms with Gasteiger partial charge in [0.05, 0.1) is 6.61 Å². The van der Waals surface area contributed by atoms with Gasteiger partial charge in [-0.25, -0.2) is 0 Å². The molecule has 1 aliphatic carbocycles. The standard InChI is InChI=1S/C18H27N3O2/c22-13-14-6-8-19-17(10-14)18(23)20-11-15-7-9-21(12-15)16-4-2-1-3-5-16/h6,8,10,15-16,22H,1-5,7,9,11-13H2,(H,20,23)/t15-/m1/s1. The monoisotopic (exact) mass is 317 g/mol. The quantitative estimate of drug-likeness (QED) is 0.871. The van der Waals surface area contributed by atoms with Crippen LogP contribution in [-0.2, 0) is 6.61 Å². The highest BCUT2D eigenvalue weighted by atomic mass is 16.3. The second-order valence-corrected chi connectivity index (χ2v) is 6.86. The van der Waals surface area contributed by atoms with Crippen LogP contribution in [0.2, 0.25) is 0 Å². The first kappa shape index (κ1) is 16.4. The number of hydrogen-bond donors (Lipinski definition) is 2. The van der Waals surface area contributed by atoms with E-state index in [4.69, 9.17) is 5.11 Å². The van der Waals surface area contributed by atoms with Crippen molar-refractivity contribution in [3.05, 3.63) is 29.6 Å². The summed E-state index contributed by atoms with van der Waals surface area (Å²) in [4.78, 5) is 18.9. The van der Waals surface area contributed by atoms with E-state index in [2.05, 4.69) is 15.2 Å². The van der Waals surface area contributed by atoms with Crippen LogP contribution >= 0.6 is 0 Å². The van der Waals surface area contributed by atoms with Crippen LogP contribution in [0.1, 0.15) is 54.6 Å². The van der Waals surface area contributed by atoms with Gasteiger partial charge in [-0.05, 0) is 49.4 Å². The van der Waals surface area contributed by atoms with Crippen molar-refractivity contribution >= 4 is 5.91 Å². The van der Waals surface area contributed by atoms with Gasteiger partial charge in [-0.15, -0.1) is 0 Å². The number of hydrogen-bond acceptors (Lipinski definition) is 4. The zero-order valence-corrected chi connectivity index (χ0v) is 13.7. The van der Waals surface area contributed by atoms with E-state index in [1.807, 2.05) is 0 Å². The van der Waals surface area contributed by atoms with Crippen LogP contribution < -0.4 is 5.32 Å². The summed E-state index contributed by atoms with van der Waals surface area (Å²) in [5.74, 6) is 0.401. The Labute approximate surface area is 138 Å². The number of nitrogens with zero attached hydrogens (tertiary/aromatic N) is 2. The Bertz CT molecular complexity index is 529. The van der Waals surface area contributed by atoms with Gasteiger partial charge in [-0.2, -0.15) is 0 Å². The van der Waals surface area contributed by atoms with Crippen molar-refractivity contribution in [2.45, 2.75) is 51.2 Å². The van der Waals surface area contributed by atoms with E-state index < -0.39 is 0 Å². The maximum absolute atomic E-state index is 12.2. The molecule has 126 valence electrons. The zero-order chi connectivity index (χ0) is 16.1. The third-order valence-electron chi connectivity index (χ3n) is 5.20. The summed E-state index contributed by atoms with van der Waals surface area (Å²) in [7, 11) is 0. The summed E-state index contributed by atoms with van der Waals surface area (Å²) >= 11 is 0. The number of carbonyl (C=O) groups is 1. The van der Waals surface area contributed by atoms with Gasteiger partial charge in [0.1, 0.15) is 5.69 Å². The predicted molar refractivity (Wildman–Crippen MR) is 89.0 cm³/mol. The fourth-order valence-corrected chi connectivity index (χ4v) is 3.83. The van der Waals surface area contributed by atoms with Crippen molar-refractivity contribution in [3.8, 4) is 0 Å². The lowest BCUT2D eigenvalue weighted by molar-refractivity contribution is 0.0941. The largest absolute Gasteiger partial charge is 0.392 e. The molecular formula is C18H27N3O2. The van der Waals surface area contributed by atoms with Crippen LogP contribution in [-0.4, -0.2) is 46.6 Å². The van der Waals surface area contributed by atoms with Gasteiger partial charge in [0.25, 0.3) is 5.91 Å². The molecule has 2 heterocycles. The first-order valence-electron chi connectivity index (χ1n) is 8.84. The average Bonchev–Trinajstić information content (AvgIpc) is 3.09. The summed E-state index contributed by atoms with van der Waals surface area (Å²) < 4.78 is 0. The molecule has 0 bridgehead atoms. The highest BCUT2D eigenvalue weighted by molar-refractivity contribution is 5.92. The van der Waals surface area contributed by atoms with Gasteiger partial charge in [0, 0.05) is 25.3 Å². The molecule has 3 rings (SSSR count). The Hall–Kier alpha value is -1.46. The molecule has 1 saturated carbocycles. The summed E-state index contributed by atoms with van der Waals surface area (Å²) in [5.41, 5.74) is 1.10. The minimum Gasteiger partial charge on any atom is -0.392 e. The van der Waals surface area contributed by atoms with E-state index in [9.17, 15) is 4.79 Å². The molecule has 1 saturated heterocycles. The number of rotatable bonds is 5. The van der Waals surface area contributed by atoms with E-state index in [1.54, 1.807) is 18.3 Å². The van der Waals surface area contributed by atoms with Crippen molar-refractivity contribution < 1.29 is 9.90 Å². The number of aromatic nitrogens is 1. The molecule has 2 aliphatic rings. The normalized spacial score (nSPS) is 23.1. The molecule has 1 aromatic rings. The lowest BCUT2D eigenvalue weighted by Gasteiger charge is -2.31. The van der Waals surface area contributed by atoms with Crippen molar-refractivity contribution in [2.75, 3.05) is 19.6 Å². The minimum absolute atomic E-state index is 0.0677. The lowest BCUT2D eigenvalue weighted by Crippen LogP contribution is -2.36. The summed E-state index contributed by atoms with van der Waals surface area (Å²) in [6.07, 6.45) is 9.56. The van der Waals surface area contributed by atoms with Gasteiger partial charge in [-0.1, -0.05) is 19.3 Å². The zero-order valence-electron chi connectivity index (χ0n) is 13.7. The van der Waals surface area contributed by atoms with Crippen LogP contribution in [0.25, 0.3) is 0 Å². The Balaban J connectivity index is 1.46. The molecule has 1 amide bonds. The molecule has 2 fully saturated rings. The van der Waals surface area contributed by atoms with Crippen molar-refractivity contribution in [2.24, 2.45) is 5.92 Å². The molecule has 1 aliphatic heterocycles. The number of pyridine rings is 1. The van der Waals surface area contributed by atoms with Crippen LogP contribution in [0, 0.1) is 5.92 Å². The highest BCUT2D eigenvalue weighted by Gasteiger charge is 2.29. The molecular weight excluding hydrogens is 290 g/mol. The number of nitrogens with one attached hydrogen (secondary N) is 1. The van der Waals surface area contributed by atoms with E-state index in [1.165, 1.54) is 45.1 Å². The third kappa shape index (κ3) is 4.30. The molecule has 23 heavy (non-hydrogen) atoms. The Morgan fingerprint density at radius 3 is 2.91 bits per heavy atom. The number of likely N-dealkylation sites (tertiary alicyclic amines) is 1. The molecule has 2 N–H and O–H groups in total. The van der Waals surface area contributed by atoms with Gasteiger partial charge in [0.2, 0.25) is 0 Å². The van der Waals surface area contributed by atoms with Gasteiger partial charge in [0.15, 0.2) is 0 Å². The Kier molecular flexibility index (Phi) is 5.62. The molecule has 0 unspecified atom stereocenters. The van der Waals surface area contributed by atoms with Crippen LogP contribution in [0.5, 0.6) is 0 Å². The van der Waals surface area contributed by atoms with Crippen molar-refractivity contribution in [3.63, 3.8) is 0 Å². The second-order valence-electron chi connectivity index (χ2n) is 6.86. The fraction of sp³-hybridized carbons (Fsp3) is 0.667. The smallest absolute Gasteiger partial charge is 0.269 e. The summed E-state index contributed by atoms with van der Waals surface area (Å²) in [5, 5.41) is 12.1. The van der Waals surface area contributed by atoms with E-state index in [0.29, 0.717) is 18.2 Å². The minimum atomic E-state index is -0.142. The average molecular weight is 317 g/mol. The first-order valence-corrected chi connectivity index (χ1v) is 8.84. The molecule has 1 atom stereocenters. The summed E-state index contributed by atoms with van der Waals surface area (Å²) in [6.45, 7) is 2.92. The maximum Gasteiger partial charge on any atom is 0.269 e. The van der Waals surface area contributed by atoms with Crippen LogP contribution in [0.3, 0.4) is 0 Å². The number of carbonyl (C=O) groups excluding carboxylic acids is 1. The SMILES string of the molecule is O=C(NC[C@H]1CCN(C2CCCCC2)C1)c1cc(CO)ccn1. The second kappa shape index (κ2) is 7.88. The van der Waals surface area contributed by atoms with E-state index >= 15 is 0 Å². The molecule has 5 nitrogen and oxygen atoms in total. The molecule has 0 aromatic carbocycles. The maximum atomic E-state index is 12.2. The highest BCUT2D eigenvalue weighted by Crippen LogP contribution is 2.27. The van der Waals surface area contributed by atoms with E-state index in [-0.39, 0.29) is 12.5 Å². The topological polar surface area (TPSA) is 65.5 Å². The lowest BCUT2D eigenvalue weighted by atomic mass is 9.94. The van der Waals surface area contributed by atoms with Gasteiger partial charge < -0.3 is 15.3 Å².